The largest absolute Gasteiger partial charge is 0.480 e. The third kappa shape index (κ3) is 3.53. The van der Waals surface area contributed by atoms with Crippen molar-refractivity contribution in [1.29, 1.82) is 0 Å². The Morgan fingerprint density at radius 2 is 1.93 bits per heavy atom. The highest BCUT2D eigenvalue weighted by Gasteiger charge is 2.21. The Kier molecular flexibility index (Phi) is 5.15. The van der Waals surface area contributed by atoms with E-state index in [0.29, 0.717) is 19.8 Å². The van der Waals surface area contributed by atoms with Crippen LogP contribution in [0.2, 0.25) is 0 Å². The zero-order chi connectivity index (χ0) is 11.1. The van der Waals surface area contributed by atoms with Crippen LogP contribution in [0.1, 0.15) is 33.6 Å². The van der Waals surface area contributed by atoms with E-state index in [1.54, 1.807) is 0 Å². The van der Waals surface area contributed by atoms with Crippen molar-refractivity contribution < 1.29 is 9.47 Å². The lowest BCUT2D eigenvalue weighted by atomic mass is 10.1. The SMILES string of the molecule is CCC[C@H]1N=C(OCC)CN=C1OCC. The second-order valence-electron chi connectivity index (χ2n) is 3.35. The first-order chi connectivity index (χ1) is 7.31. The Balaban J connectivity index is 2.61. The van der Waals surface area contributed by atoms with Crippen molar-refractivity contribution in [3.05, 3.63) is 0 Å². The molecular formula is C11H20N2O2. The summed E-state index contributed by atoms with van der Waals surface area (Å²) >= 11 is 0. The normalized spacial score (nSPS) is 20.6. The molecule has 15 heavy (non-hydrogen) atoms. The summed E-state index contributed by atoms with van der Waals surface area (Å²) in [6, 6.07) is 0.0604. The number of ether oxygens (including phenoxy) is 2. The Hall–Kier alpha value is -1.06. The molecule has 0 unspecified atom stereocenters. The molecule has 1 aliphatic heterocycles. The van der Waals surface area contributed by atoms with E-state index in [9.17, 15) is 0 Å². The van der Waals surface area contributed by atoms with Crippen LogP contribution in [0, 0.1) is 0 Å². The molecule has 0 spiro atoms. The third-order valence-electron chi connectivity index (χ3n) is 2.12. The Morgan fingerprint density at radius 1 is 1.20 bits per heavy atom. The maximum atomic E-state index is 5.46. The third-order valence-corrected chi connectivity index (χ3v) is 2.12. The van der Waals surface area contributed by atoms with Gasteiger partial charge in [-0.2, -0.15) is 0 Å². The maximum Gasteiger partial charge on any atom is 0.209 e. The first-order valence-corrected chi connectivity index (χ1v) is 5.68. The van der Waals surface area contributed by atoms with Crippen LogP contribution in [0.5, 0.6) is 0 Å². The van der Waals surface area contributed by atoms with Gasteiger partial charge < -0.3 is 9.47 Å². The second-order valence-corrected chi connectivity index (χ2v) is 3.35. The second kappa shape index (κ2) is 6.43. The van der Waals surface area contributed by atoms with Crippen molar-refractivity contribution in [2.75, 3.05) is 19.8 Å². The zero-order valence-electron chi connectivity index (χ0n) is 9.82. The van der Waals surface area contributed by atoms with Gasteiger partial charge in [-0.25, -0.2) is 9.98 Å². The molecule has 0 amide bonds. The van der Waals surface area contributed by atoms with Crippen LogP contribution in [0.25, 0.3) is 0 Å². The molecule has 4 heteroatoms. The van der Waals surface area contributed by atoms with Gasteiger partial charge in [-0.05, 0) is 20.3 Å². The van der Waals surface area contributed by atoms with Crippen LogP contribution in [0.3, 0.4) is 0 Å². The Bertz CT molecular complexity index is 249. The molecule has 0 radical (unpaired) electrons. The van der Waals surface area contributed by atoms with Gasteiger partial charge in [0.25, 0.3) is 0 Å². The summed E-state index contributed by atoms with van der Waals surface area (Å²) in [5.41, 5.74) is 0. The summed E-state index contributed by atoms with van der Waals surface area (Å²) in [6.07, 6.45) is 2.04. The predicted molar refractivity (Wildman–Crippen MR) is 61.7 cm³/mol. The van der Waals surface area contributed by atoms with E-state index in [1.807, 2.05) is 13.8 Å². The summed E-state index contributed by atoms with van der Waals surface area (Å²) in [4.78, 5) is 8.86. The van der Waals surface area contributed by atoms with Crippen molar-refractivity contribution in [1.82, 2.24) is 0 Å². The minimum atomic E-state index is 0.0604. The lowest BCUT2D eigenvalue weighted by Crippen LogP contribution is -2.30. The molecule has 0 aromatic carbocycles. The van der Waals surface area contributed by atoms with E-state index in [1.165, 1.54) is 0 Å². The van der Waals surface area contributed by atoms with E-state index >= 15 is 0 Å². The van der Waals surface area contributed by atoms with Gasteiger partial charge in [0.2, 0.25) is 11.8 Å². The fourth-order valence-electron chi connectivity index (χ4n) is 1.52. The standard InChI is InChI=1S/C11H20N2O2/c1-4-7-9-11(15-6-3)12-8-10(13-9)14-5-2/h9H,4-8H2,1-3H3/t9-/m1/s1. The molecule has 1 aliphatic rings. The molecule has 0 aromatic heterocycles. The van der Waals surface area contributed by atoms with Crippen LogP contribution >= 0.6 is 0 Å². The average Bonchev–Trinajstić information content (AvgIpc) is 2.23. The average molecular weight is 212 g/mol. The van der Waals surface area contributed by atoms with Gasteiger partial charge in [-0.3, -0.25) is 0 Å². The van der Waals surface area contributed by atoms with Gasteiger partial charge in [-0.1, -0.05) is 13.3 Å². The summed E-state index contributed by atoms with van der Waals surface area (Å²) in [5, 5.41) is 0. The molecule has 1 rings (SSSR count). The van der Waals surface area contributed by atoms with E-state index in [4.69, 9.17) is 9.47 Å². The van der Waals surface area contributed by atoms with Gasteiger partial charge in [0, 0.05) is 0 Å². The quantitative estimate of drug-likeness (QED) is 0.715. The predicted octanol–water partition coefficient (Wildman–Crippen LogP) is 2.04. The highest BCUT2D eigenvalue weighted by molar-refractivity contribution is 5.91. The fourth-order valence-corrected chi connectivity index (χ4v) is 1.52. The number of hydrogen-bond donors (Lipinski definition) is 0. The van der Waals surface area contributed by atoms with Gasteiger partial charge >= 0.3 is 0 Å². The summed E-state index contributed by atoms with van der Waals surface area (Å²) < 4.78 is 10.8. The van der Waals surface area contributed by atoms with Crippen molar-refractivity contribution >= 4 is 11.8 Å². The zero-order valence-corrected chi connectivity index (χ0v) is 9.82. The number of rotatable bonds is 4. The molecule has 0 fully saturated rings. The number of aliphatic imine (C=N–C) groups is 2. The topological polar surface area (TPSA) is 43.2 Å². The fraction of sp³-hybridized carbons (Fsp3) is 0.818. The molecule has 0 saturated heterocycles. The molecule has 4 nitrogen and oxygen atoms in total. The Labute approximate surface area is 91.4 Å². The van der Waals surface area contributed by atoms with E-state index in [0.717, 1.165) is 24.6 Å². The van der Waals surface area contributed by atoms with Crippen molar-refractivity contribution in [2.24, 2.45) is 9.98 Å². The van der Waals surface area contributed by atoms with Crippen LogP contribution < -0.4 is 0 Å². The highest BCUT2D eigenvalue weighted by atomic mass is 16.5. The molecule has 0 saturated carbocycles. The van der Waals surface area contributed by atoms with Crippen molar-refractivity contribution in [2.45, 2.75) is 39.7 Å². The minimum absolute atomic E-state index is 0.0604. The molecule has 1 atom stereocenters. The van der Waals surface area contributed by atoms with Crippen molar-refractivity contribution in [3.8, 4) is 0 Å². The summed E-state index contributed by atoms with van der Waals surface area (Å²) in [5.74, 6) is 1.50. The van der Waals surface area contributed by atoms with E-state index in [-0.39, 0.29) is 6.04 Å². The molecule has 0 aliphatic carbocycles. The lowest BCUT2D eigenvalue weighted by molar-refractivity contribution is 0.292. The van der Waals surface area contributed by atoms with Crippen LogP contribution in [-0.4, -0.2) is 37.6 Å². The van der Waals surface area contributed by atoms with Gasteiger partial charge in [-0.15, -0.1) is 0 Å². The number of hydrogen-bond acceptors (Lipinski definition) is 4. The Morgan fingerprint density at radius 3 is 2.53 bits per heavy atom. The molecule has 0 bridgehead atoms. The van der Waals surface area contributed by atoms with Crippen LogP contribution in [-0.2, 0) is 9.47 Å². The molecule has 86 valence electrons. The summed E-state index contributed by atoms with van der Waals surface area (Å²) in [6.45, 7) is 7.87. The summed E-state index contributed by atoms with van der Waals surface area (Å²) in [7, 11) is 0. The van der Waals surface area contributed by atoms with Gasteiger partial charge in [0.1, 0.15) is 12.6 Å². The van der Waals surface area contributed by atoms with Crippen LogP contribution in [0.4, 0.5) is 0 Å². The molecule has 0 aromatic rings. The first-order valence-electron chi connectivity index (χ1n) is 5.68. The van der Waals surface area contributed by atoms with Crippen molar-refractivity contribution in [3.63, 3.8) is 0 Å². The molecular weight excluding hydrogens is 192 g/mol. The maximum absolute atomic E-state index is 5.46. The first kappa shape index (κ1) is 12.0. The van der Waals surface area contributed by atoms with Crippen LogP contribution in [0.15, 0.2) is 9.98 Å². The minimum Gasteiger partial charge on any atom is -0.480 e. The van der Waals surface area contributed by atoms with Gasteiger partial charge in [0.05, 0.1) is 13.2 Å². The highest BCUT2D eigenvalue weighted by Crippen LogP contribution is 2.11. The molecule has 1 heterocycles. The monoisotopic (exact) mass is 212 g/mol. The smallest absolute Gasteiger partial charge is 0.209 e. The van der Waals surface area contributed by atoms with Gasteiger partial charge in [0.15, 0.2) is 0 Å². The van der Waals surface area contributed by atoms with E-state index in [2.05, 4.69) is 16.9 Å². The lowest BCUT2D eigenvalue weighted by Gasteiger charge is -2.20. The van der Waals surface area contributed by atoms with E-state index < -0.39 is 0 Å². The number of nitrogens with zero attached hydrogens (tertiary/aromatic N) is 2. The molecule has 0 N–H and O–H groups in total.